The van der Waals surface area contributed by atoms with Gasteiger partial charge in [-0.25, -0.2) is 0 Å². The number of H-pyrrole nitrogens is 1. The smallest absolute Gasteiger partial charge is 0.271 e. The molecule has 5 atom stereocenters. The van der Waals surface area contributed by atoms with Crippen molar-refractivity contribution in [3.05, 3.63) is 65.9 Å². The molecule has 0 bridgehead atoms. The topological polar surface area (TPSA) is 139 Å². The molecule has 0 spiro atoms. The first-order valence-electron chi connectivity index (χ1n) is 14.2. The fourth-order valence-electron chi connectivity index (χ4n) is 6.08. The molecule has 2 unspecified atom stereocenters. The van der Waals surface area contributed by atoms with Crippen LogP contribution in [-0.2, 0) is 9.59 Å². The van der Waals surface area contributed by atoms with Gasteiger partial charge in [0.1, 0.15) is 23.5 Å². The van der Waals surface area contributed by atoms with Crippen molar-refractivity contribution in [2.75, 3.05) is 26.7 Å². The summed E-state index contributed by atoms with van der Waals surface area (Å²) >= 11 is 0. The number of aromatic amines is 1. The fraction of sp³-hybridized carbons (Fsp3) is 0.419. The molecule has 0 aliphatic carbocycles. The number of benzene rings is 2. The number of carbonyl (C=O) groups excluding carboxylic acids is 3. The SMILES string of the molecule is CCNC(C#N)[C@H](C[C@@H]1CCNC1=O)NC(=O)[C@@H]1CC(c2ccccc2)CN1C(=O)c1cc2c(OC)cccc2[nH]1. The van der Waals surface area contributed by atoms with Crippen LogP contribution in [0, 0.1) is 17.2 Å². The van der Waals surface area contributed by atoms with Crippen molar-refractivity contribution < 1.29 is 19.1 Å². The van der Waals surface area contributed by atoms with Gasteiger partial charge in [0.05, 0.1) is 19.2 Å². The van der Waals surface area contributed by atoms with E-state index >= 15 is 0 Å². The number of methoxy groups -OCH3 is 1. The van der Waals surface area contributed by atoms with Crippen LogP contribution in [0.2, 0.25) is 0 Å². The van der Waals surface area contributed by atoms with Gasteiger partial charge in [-0.3, -0.25) is 14.4 Å². The number of rotatable bonds is 10. The normalized spacial score (nSPS) is 21.7. The first-order chi connectivity index (χ1) is 19.9. The summed E-state index contributed by atoms with van der Waals surface area (Å²) in [6.45, 7) is 3.39. The van der Waals surface area contributed by atoms with Gasteiger partial charge in [-0.2, -0.15) is 5.26 Å². The predicted octanol–water partition coefficient (Wildman–Crippen LogP) is 2.69. The molecule has 5 rings (SSSR count). The minimum Gasteiger partial charge on any atom is -0.496 e. The van der Waals surface area contributed by atoms with Gasteiger partial charge in [0.2, 0.25) is 11.8 Å². The Hall–Kier alpha value is -4.36. The van der Waals surface area contributed by atoms with Gasteiger partial charge in [-0.1, -0.05) is 43.3 Å². The molecule has 0 saturated carbocycles. The highest BCUT2D eigenvalue weighted by Crippen LogP contribution is 2.34. The van der Waals surface area contributed by atoms with Crippen molar-refractivity contribution in [1.82, 2.24) is 25.8 Å². The number of hydrogen-bond acceptors (Lipinski definition) is 6. The van der Waals surface area contributed by atoms with E-state index in [2.05, 4.69) is 27.0 Å². The Bertz CT molecular complexity index is 1450. The summed E-state index contributed by atoms with van der Waals surface area (Å²) < 4.78 is 5.47. The lowest BCUT2D eigenvalue weighted by Crippen LogP contribution is -2.55. The highest BCUT2D eigenvalue weighted by molar-refractivity contribution is 6.02. The van der Waals surface area contributed by atoms with E-state index in [1.807, 2.05) is 55.5 Å². The molecule has 2 fully saturated rings. The van der Waals surface area contributed by atoms with Crippen LogP contribution in [0.5, 0.6) is 5.75 Å². The van der Waals surface area contributed by atoms with Crippen LogP contribution in [0.3, 0.4) is 0 Å². The Labute approximate surface area is 239 Å². The first-order valence-corrected chi connectivity index (χ1v) is 14.2. The quantitative estimate of drug-likeness (QED) is 0.303. The van der Waals surface area contributed by atoms with E-state index in [0.29, 0.717) is 50.3 Å². The summed E-state index contributed by atoms with van der Waals surface area (Å²) in [6, 6.07) is 17.4. The van der Waals surface area contributed by atoms with Crippen LogP contribution < -0.4 is 20.7 Å². The molecule has 3 heterocycles. The summed E-state index contributed by atoms with van der Waals surface area (Å²) in [7, 11) is 1.59. The largest absolute Gasteiger partial charge is 0.496 e. The van der Waals surface area contributed by atoms with E-state index in [1.54, 1.807) is 18.1 Å². The van der Waals surface area contributed by atoms with Gasteiger partial charge in [0.15, 0.2) is 0 Å². The number of amides is 3. The monoisotopic (exact) mass is 556 g/mol. The number of nitrogens with one attached hydrogen (secondary N) is 4. The second kappa shape index (κ2) is 12.4. The maximum Gasteiger partial charge on any atom is 0.271 e. The van der Waals surface area contributed by atoms with E-state index < -0.39 is 18.1 Å². The zero-order valence-electron chi connectivity index (χ0n) is 23.4. The molecule has 0 radical (unpaired) electrons. The minimum absolute atomic E-state index is 0.0330. The zero-order chi connectivity index (χ0) is 28.9. The lowest BCUT2D eigenvalue weighted by Gasteiger charge is -2.29. The third-order valence-corrected chi connectivity index (χ3v) is 8.20. The van der Waals surface area contributed by atoms with Crippen LogP contribution in [0.25, 0.3) is 10.9 Å². The molecule has 2 saturated heterocycles. The molecule has 41 heavy (non-hydrogen) atoms. The van der Waals surface area contributed by atoms with Crippen molar-refractivity contribution >= 4 is 28.6 Å². The Kier molecular flexibility index (Phi) is 8.55. The summed E-state index contributed by atoms with van der Waals surface area (Å²) in [4.78, 5) is 45.1. The highest BCUT2D eigenvalue weighted by atomic mass is 16.5. The Balaban J connectivity index is 1.43. The maximum absolute atomic E-state index is 14.0. The average molecular weight is 557 g/mol. The number of ether oxygens (including phenoxy) is 1. The number of likely N-dealkylation sites (tertiary alicyclic amines) is 1. The molecular weight excluding hydrogens is 520 g/mol. The fourth-order valence-corrected chi connectivity index (χ4v) is 6.08. The van der Waals surface area contributed by atoms with Gasteiger partial charge in [-0.15, -0.1) is 0 Å². The Morgan fingerprint density at radius 3 is 2.68 bits per heavy atom. The molecule has 10 nitrogen and oxygen atoms in total. The summed E-state index contributed by atoms with van der Waals surface area (Å²) in [5.41, 5.74) is 2.20. The molecule has 2 aliphatic rings. The van der Waals surface area contributed by atoms with Crippen molar-refractivity contribution in [1.29, 1.82) is 5.26 Å². The van der Waals surface area contributed by atoms with Crippen molar-refractivity contribution in [3.8, 4) is 11.8 Å². The number of carbonyl (C=O) groups is 3. The van der Waals surface area contributed by atoms with E-state index in [0.717, 1.165) is 16.5 Å². The third-order valence-electron chi connectivity index (χ3n) is 8.20. The molecule has 214 valence electrons. The van der Waals surface area contributed by atoms with Crippen LogP contribution >= 0.6 is 0 Å². The van der Waals surface area contributed by atoms with E-state index in [9.17, 15) is 19.6 Å². The number of aromatic nitrogens is 1. The molecular formula is C31H36N6O4. The zero-order valence-corrected chi connectivity index (χ0v) is 23.4. The van der Waals surface area contributed by atoms with Crippen molar-refractivity contribution in [3.63, 3.8) is 0 Å². The van der Waals surface area contributed by atoms with Crippen molar-refractivity contribution in [2.45, 2.75) is 50.2 Å². The first kappa shape index (κ1) is 28.2. The van der Waals surface area contributed by atoms with E-state index in [4.69, 9.17) is 4.74 Å². The van der Waals surface area contributed by atoms with Crippen LogP contribution in [0.1, 0.15) is 48.2 Å². The minimum atomic E-state index is -0.748. The Morgan fingerprint density at radius 1 is 1.20 bits per heavy atom. The summed E-state index contributed by atoms with van der Waals surface area (Å²) in [5.74, 6) is -0.332. The van der Waals surface area contributed by atoms with Gasteiger partial charge >= 0.3 is 0 Å². The van der Waals surface area contributed by atoms with Crippen molar-refractivity contribution in [2.24, 2.45) is 5.92 Å². The summed E-state index contributed by atoms with van der Waals surface area (Å²) in [6.07, 6.45) is 1.44. The molecule has 10 heteroatoms. The molecule has 4 N–H and O–H groups in total. The number of nitriles is 1. The molecule has 2 aliphatic heterocycles. The second-order valence-corrected chi connectivity index (χ2v) is 10.7. The van der Waals surface area contributed by atoms with Gasteiger partial charge in [-0.05, 0) is 49.6 Å². The van der Waals surface area contributed by atoms with E-state index in [-0.39, 0.29) is 29.6 Å². The van der Waals surface area contributed by atoms with Gasteiger partial charge in [0.25, 0.3) is 5.91 Å². The standard InChI is InChI=1S/C31H36N6O4/c1-3-33-26(17-32)24(14-20-12-13-34-29(20)38)36-30(39)27-15-21(19-8-5-4-6-9-19)18-37(27)31(40)25-16-22-23(35-25)10-7-11-28(22)41-2/h4-11,16,20-21,24,26-27,33,35H,3,12-15,18H2,1-2H3,(H,34,38)(H,36,39)/t20-,21?,24-,26?,27-/m0/s1. The van der Waals surface area contributed by atoms with Crippen LogP contribution in [0.4, 0.5) is 0 Å². The lowest BCUT2D eigenvalue weighted by atomic mass is 9.93. The van der Waals surface area contributed by atoms with Gasteiger partial charge in [0, 0.05) is 35.8 Å². The van der Waals surface area contributed by atoms with Crippen LogP contribution in [0.15, 0.2) is 54.6 Å². The average Bonchev–Trinajstić information content (AvgIpc) is 3.74. The molecule has 3 aromatic rings. The number of hydrogen-bond donors (Lipinski definition) is 4. The highest BCUT2D eigenvalue weighted by Gasteiger charge is 2.42. The predicted molar refractivity (Wildman–Crippen MR) is 154 cm³/mol. The van der Waals surface area contributed by atoms with E-state index in [1.165, 1.54) is 0 Å². The maximum atomic E-state index is 14.0. The molecule has 3 amide bonds. The second-order valence-electron chi connectivity index (χ2n) is 10.7. The number of nitrogens with zero attached hydrogens (tertiary/aromatic N) is 2. The third kappa shape index (κ3) is 5.91. The number of fused-ring (bicyclic) bond motifs is 1. The molecule has 1 aromatic heterocycles. The van der Waals surface area contributed by atoms with Crippen LogP contribution in [-0.4, -0.2) is 72.5 Å². The van der Waals surface area contributed by atoms with Gasteiger partial charge < -0.3 is 30.6 Å². The lowest BCUT2D eigenvalue weighted by molar-refractivity contribution is -0.127. The Morgan fingerprint density at radius 2 is 2.00 bits per heavy atom. The summed E-state index contributed by atoms with van der Waals surface area (Å²) in [5, 5.41) is 19.7. The molecule has 2 aromatic carbocycles. The number of likely N-dealkylation sites (N-methyl/N-ethyl adjacent to an activating group) is 1.